The van der Waals surface area contributed by atoms with Crippen LogP contribution in [0, 0.1) is 11.3 Å². The van der Waals surface area contributed by atoms with E-state index in [1.807, 2.05) is 6.92 Å². The molecule has 1 atom stereocenters. The van der Waals surface area contributed by atoms with Crippen LogP contribution in [-0.4, -0.2) is 12.4 Å². The van der Waals surface area contributed by atoms with E-state index in [0.717, 1.165) is 0 Å². The molecule has 0 aliphatic rings. The number of hydrogen-bond acceptors (Lipinski definition) is 3. The number of Topliss-reactive ketones (excluding diaryl/α,β-unsaturated/α-hetero) is 1. The van der Waals surface area contributed by atoms with E-state index in [-0.39, 0.29) is 5.78 Å². The monoisotopic (exact) mass is 281 g/mol. The third-order valence-corrected chi connectivity index (χ3v) is 3.20. The lowest BCUT2D eigenvalue weighted by molar-refractivity contribution is -0.116. The Kier molecular flexibility index (Phi) is 4.51. The second-order valence-corrected chi connectivity index (χ2v) is 4.15. The molecule has 0 amide bonds. The molecule has 1 aromatic rings. The van der Waals surface area contributed by atoms with Crippen molar-refractivity contribution < 1.29 is 9.53 Å². The molecule has 0 aliphatic carbocycles. The highest BCUT2D eigenvalue weighted by Crippen LogP contribution is 2.34. The van der Waals surface area contributed by atoms with E-state index in [1.165, 1.54) is 6.92 Å². The predicted molar refractivity (Wildman–Crippen MR) is 64.7 cm³/mol. The number of rotatable bonds is 4. The van der Waals surface area contributed by atoms with E-state index in [4.69, 9.17) is 10.00 Å². The molecule has 0 aliphatic heterocycles. The van der Waals surface area contributed by atoms with Crippen LogP contribution in [0.5, 0.6) is 5.75 Å². The Balaban J connectivity index is 3.30. The number of ketones is 1. The van der Waals surface area contributed by atoms with Crippen molar-refractivity contribution in [2.24, 2.45) is 0 Å². The number of nitrogens with zero attached hydrogens (tertiary/aromatic N) is 1. The van der Waals surface area contributed by atoms with Crippen LogP contribution in [0.1, 0.15) is 29.8 Å². The van der Waals surface area contributed by atoms with Gasteiger partial charge in [0.1, 0.15) is 16.4 Å². The van der Waals surface area contributed by atoms with Crippen LogP contribution in [0.2, 0.25) is 0 Å². The Labute approximate surface area is 103 Å². The molecule has 3 nitrogen and oxygen atoms in total. The molecule has 84 valence electrons. The minimum atomic E-state index is -0.495. The van der Waals surface area contributed by atoms with Crippen molar-refractivity contribution in [3.63, 3.8) is 0 Å². The summed E-state index contributed by atoms with van der Waals surface area (Å²) < 4.78 is 5.42. The maximum atomic E-state index is 11.4. The maximum Gasteiger partial charge on any atom is 0.148 e. The van der Waals surface area contributed by atoms with Crippen molar-refractivity contribution in [3.05, 3.63) is 29.3 Å². The third kappa shape index (κ3) is 2.61. The van der Waals surface area contributed by atoms with Crippen molar-refractivity contribution in [1.29, 1.82) is 5.26 Å². The lowest BCUT2D eigenvalue weighted by Gasteiger charge is -2.14. The Morgan fingerprint density at radius 1 is 1.62 bits per heavy atom. The number of alkyl halides is 1. The summed E-state index contributed by atoms with van der Waals surface area (Å²) in [5.41, 5.74) is 1.07. The summed E-state index contributed by atoms with van der Waals surface area (Å²) in [6.45, 7) is 3.84. The molecule has 1 unspecified atom stereocenters. The molecule has 0 spiro atoms. The molecule has 1 aromatic carbocycles. The molecule has 0 aromatic heterocycles. The average molecular weight is 282 g/mol. The van der Waals surface area contributed by atoms with Gasteiger partial charge in [-0.05, 0) is 26.0 Å². The highest BCUT2D eigenvalue weighted by molar-refractivity contribution is 9.09. The minimum Gasteiger partial charge on any atom is -0.493 e. The molecular formula is C12H12BrNO2. The van der Waals surface area contributed by atoms with E-state index < -0.39 is 4.83 Å². The summed E-state index contributed by atoms with van der Waals surface area (Å²) in [6.07, 6.45) is 0. The van der Waals surface area contributed by atoms with Crippen LogP contribution < -0.4 is 4.74 Å². The molecule has 16 heavy (non-hydrogen) atoms. The summed E-state index contributed by atoms with van der Waals surface area (Å²) in [5, 5.41) is 9.00. The van der Waals surface area contributed by atoms with E-state index in [2.05, 4.69) is 22.0 Å². The Bertz CT molecular complexity index is 437. The second kappa shape index (κ2) is 5.66. The predicted octanol–water partition coefficient (Wildman–Crippen LogP) is 2.98. The number of carbonyl (C=O) groups excluding carboxylic acids is 1. The first-order valence-corrected chi connectivity index (χ1v) is 5.83. The normalized spacial score (nSPS) is 11.6. The lowest BCUT2D eigenvalue weighted by Crippen LogP contribution is -2.07. The Morgan fingerprint density at radius 3 is 2.81 bits per heavy atom. The zero-order chi connectivity index (χ0) is 12.1. The standard InChI is InChI=1S/C12H12BrNO2/c1-3-16-10-6-4-5-9(7-14)11(10)12(13)8(2)15/h4-6,12H,3H2,1-2H3. The molecule has 0 saturated carbocycles. The maximum absolute atomic E-state index is 11.4. The SMILES string of the molecule is CCOc1cccc(C#N)c1C(Br)C(C)=O. The number of hydrogen-bond donors (Lipinski definition) is 0. The van der Waals surface area contributed by atoms with Gasteiger partial charge in [-0.3, -0.25) is 4.79 Å². The molecule has 4 heteroatoms. The van der Waals surface area contributed by atoms with Gasteiger partial charge in [0.15, 0.2) is 0 Å². The number of ether oxygens (including phenoxy) is 1. The molecule has 0 bridgehead atoms. The van der Waals surface area contributed by atoms with Crippen molar-refractivity contribution in [2.75, 3.05) is 6.61 Å². The molecule has 1 rings (SSSR count). The van der Waals surface area contributed by atoms with Gasteiger partial charge < -0.3 is 4.74 Å². The van der Waals surface area contributed by atoms with E-state index >= 15 is 0 Å². The fourth-order valence-electron chi connectivity index (χ4n) is 1.39. The first-order chi connectivity index (χ1) is 7.61. The van der Waals surface area contributed by atoms with E-state index in [1.54, 1.807) is 18.2 Å². The zero-order valence-electron chi connectivity index (χ0n) is 9.16. The van der Waals surface area contributed by atoms with Crippen LogP contribution >= 0.6 is 15.9 Å². The molecule has 0 radical (unpaired) electrons. The quantitative estimate of drug-likeness (QED) is 0.798. The molecule has 0 saturated heterocycles. The van der Waals surface area contributed by atoms with Crippen molar-refractivity contribution >= 4 is 21.7 Å². The average Bonchev–Trinajstić information content (AvgIpc) is 2.28. The molecule has 0 fully saturated rings. The van der Waals surface area contributed by atoms with E-state index in [9.17, 15) is 4.79 Å². The number of nitriles is 1. The van der Waals surface area contributed by atoms with Gasteiger partial charge in [-0.25, -0.2) is 0 Å². The highest BCUT2D eigenvalue weighted by Gasteiger charge is 2.21. The van der Waals surface area contributed by atoms with Crippen molar-refractivity contribution in [2.45, 2.75) is 18.7 Å². The Hall–Kier alpha value is -1.34. The van der Waals surface area contributed by atoms with Gasteiger partial charge in [0.05, 0.1) is 18.2 Å². The highest BCUT2D eigenvalue weighted by atomic mass is 79.9. The lowest BCUT2D eigenvalue weighted by atomic mass is 10.0. The van der Waals surface area contributed by atoms with Crippen LogP contribution in [0.15, 0.2) is 18.2 Å². The van der Waals surface area contributed by atoms with Gasteiger partial charge in [-0.1, -0.05) is 22.0 Å². The summed E-state index contributed by atoms with van der Waals surface area (Å²) in [6, 6.07) is 7.25. The topological polar surface area (TPSA) is 50.1 Å². The van der Waals surface area contributed by atoms with Crippen LogP contribution in [0.3, 0.4) is 0 Å². The van der Waals surface area contributed by atoms with Crippen LogP contribution in [0.25, 0.3) is 0 Å². The molecular weight excluding hydrogens is 270 g/mol. The van der Waals surface area contributed by atoms with Gasteiger partial charge in [-0.2, -0.15) is 5.26 Å². The van der Waals surface area contributed by atoms with Crippen molar-refractivity contribution in [3.8, 4) is 11.8 Å². The minimum absolute atomic E-state index is 0.0522. The summed E-state index contributed by atoms with van der Waals surface area (Å²) in [4.78, 5) is 10.9. The van der Waals surface area contributed by atoms with Gasteiger partial charge in [0, 0.05) is 5.56 Å². The number of carbonyl (C=O) groups is 1. The first-order valence-electron chi connectivity index (χ1n) is 4.92. The van der Waals surface area contributed by atoms with Gasteiger partial charge in [-0.15, -0.1) is 0 Å². The summed E-state index contributed by atoms with van der Waals surface area (Å²) in [5.74, 6) is 0.530. The van der Waals surface area contributed by atoms with Crippen LogP contribution in [0.4, 0.5) is 0 Å². The third-order valence-electron chi connectivity index (χ3n) is 2.10. The van der Waals surface area contributed by atoms with E-state index in [0.29, 0.717) is 23.5 Å². The van der Waals surface area contributed by atoms with Gasteiger partial charge in [0.2, 0.25) is 0 Å². The zero-order valence-corrected chi connectivity index (χ0v) is 10.7. The first kappa shape index (κ1) is 12.7. The Morgan fingerprint density at radius 2 is 2.31 bits per heavy atom. The van der Waals surface area contributed by atoms with Gasteiger partial charge >= 0.3 is 0 Å². The fraction of sp³-hybridized carbons (Fsp3) is 0.333. The molecule has 0 heterocycles. The van der Waals surface area contributed by atoms with Crippen LogP contribution in [-0.2, 0) is 4.79 Å². The summed E-state index contributed by atoms with van der Waals surface area (Å²) in [7, 11) is 0. The van der Waals surface area contributed by atoms with Gasteiger partial charge in [0.25, 0.3) is 0 Å². The number of halogens is 1. The van der Waals surface area contributed by atoms with Crippen molar-refractivity contribution in [1.82, 2.24) is 0 Å². The second-order valence-electron chi connectivity index (χ2n) is 3.24. The molecule has 0 N–H and O–H groups in total. The smallest absolute Gasteiger partial charge is 0.148 e. The fourth-order valence-corrected chi connectivity index (χ4v) is 1.86. The summed E-state index contributed by atoms with van der Waals surface area (Å²) >= 11 is 3.28. The number of benzene rings is 1. The largest absolute Gasteiger partial charge is 0.493 e.